The molecule has 0 amide bonds. The van der Waals surface area contributed by atoms with Crippen molar-refractivity contribution >= 4 is 23.4 Å². The summed E-state index contributed by atoms with van der Waals surface area (Å²) < 4.78 is 12.6. The minimum atomic E-state index is -0.647. The van der Waals surface area contributed by atoms with Gasteiger partial charge in [-0.15, -0.1) is 0 Å². The average molecular weight is 435 g/mol. The number of aromatic nitrogens is 1. The standard InChI is InChI=1S/C24H22N2O4S/c1-4-18-20(23(28)30-3)21(16-11-8-12-17(14-16)29-2)26-22(27)19(31-24(26)25-18)13-15-9-6-5-7-10-15/h5-14,21H,4H2,1-3H3/b19-13-/t21-/m1/s1. The predicted octanol–water partition coefficient (Wildman–Crippen LogP) is 2.81. The minimum Gasteiger partial charge on any atom is -0.497 e. The van der Waals surface area contributed by atoms with Gasteiger partial charge < -0.3 is 9.47 Å². The molecule has 1 aliphatic rings. The first-order chi connectivity index (χ1) is 15.1. The first-order valence-electron chi connectivity index (χ1n) is 9.89. The smallest absolute Gasteiger partial charge is 0.338 e. The Hall–Kier alpha value is -3.45. The van der Waals surface area contributed by atoms with Gasteiger partial charge in [-0.3, -0.25) is 9.36 Å². The Bertz CT molecular complexity index is 1340. The first kappa shape index (κ1) is 20.8. The molecular formula is C24H22N2O4S. The van der Waals surface area contributed by atoms with Crippen molar-refractivity contribution in [2.24, 2.45) is 4.99 Å². The molecule has 0 radical (unpaired) electrons. The fourth-order valence-corrected chi connectivity index (χ4v) is 4.71. The van der Waals surface area contributed by atoms with Crippen LogP contribution in [0.2, 0.25) is 0 Å². The zero-order valence-electron chi connectivity index (χ0n) is 17.5. The van der Waals surface area contributed by atoms with Gasteiger partial charge in [0.2, 0.25) is 0 Å². The van der Waals surface area contributed by atoms with E-state index in [0.29, 0.717) is 32.8 Å². The van der Waals surface area contributed by atoms with Gasteiger partial charge in [0.15, 0.2) is 4.80 Å². The fourth-order valence-electron chi connectivity index (χ4n) is 3.69. The number of carbonyl (C=O) groups is 1. The number of hydrogen-bond donors (Lipinski definition) is 0. The number of benzene rings is 2. The minimum absolute atomic E-state index is 0.197. The summed E-state index contributed by atoms with van der Waals surface area (Å²) in [6, 6.07) is 16.4. The molecule has 1 aromatic heterocycles. The first-order valence-corrected chi connectivity index (χ1v) is 10.7. The molecule has 6 nitrogen and oxygen atoms in total. The summed E-state index contributed by atoms with van der Waals surface area (Å²) in [7, 11) is 2.92. The van der Waals surface area contributed by atoms with E-state index in [1.807, 2.05) is 67.6 Å². The molecule has 1 atom stereocenters. The van der Waals surface area contributed by atoms with Crippen molar-refractivity contribution in [3.05, 3.63) is 96.7 Å². The van der Waals surface area contributed by atoms with Gasteiger partial charge in [0.1, 0.15) is 5.75 Å². The van der Waals surface area contributed by atoms with Crippen LogP contribution in [0.4, 0.5) is 0 Å². The molecule has 0 bridgehead atoms. The molecule has 1 aliphatic heterocycles. The molecule has 0 unspecified atom stereocenters. The van der Waals surface area contributed by atoms with Crippen LogP contribution in [-0.4, -0.2) is 24.8 Å². The fraction of sp³-hybridized carbons (Fsp3) is 0.208. The maximum absolute atomic E-state index is 13.5. The van der Waals surface area contributed by atoms with E-state index in [1.165, 1.54) is 18.4 Å². The van der Waals surface area contributed by atoms with E-state index < -0.39 is 12.0 Å². The monoisotopic (exact) mass is 434 g/mol. The Morgan fingerprint density at radius 2 is 1.94 bits per heavy atom. The molecule has 0 fully saturated rings. The topological polar surface area (TPSA) is 69.9 Å². The van der Waals surface area contributed by atoms with Gasteiger partial charge in [0, 0.05) is 0 Å². The summed E-state index contributed by atoms with van der Waals surface area (Å²) in [6.45, 7) is 1.93. The Balaban J connectivity index is 2.02. The van der Waals surface area contributed by atoms with Crippen molar-refractivity contribution in [3.63, 3.8) is 0 Å². The highest BCUT2D eigenvalue weighted by atomic mass is 32.1. The largest absolute Gasteiger partial charge is 0.497 e. The highest BCUT2D eigenvalue weighted by Gasteiger charge is 2.34. The molecule has 3 aromatic rings. The number of allylic oxidation sites excluding steroid dienone is 1. The third kappa shape index (κ3) is 3.84. The average Bonchev–Trinajstić information content (AvgIpc) is 3.12. The van der Waals surface area contributed by atoms with E-state index in [1.54, 1.807) is 11.7 Å². The molecule has 31 heavy (non-hydrogen) atoms. The van der Waals surface area contributed by atoms with Crippen LogP contribution >= 0.6 is 11.3 Å². The summed E-state index contributed by atoms with van der Waals surface area (Å²) in [4.78, 5) is 31.5. The highest BCUT2D eigenvalue weighted by Crippen LogP contribution is 2.33. The Labute approximate surface area is 183 Å². The quantitative estimate of drug-likeness (QED) is 0.579. The SMILES string of the molecule is CCC1=C(C(=O)OC)[C@@H](c2cccc(OC)c2)n2c(s/c(=C\c3ccccc3)c2=O)=N1. The van der Waals surface area contributed by atoms with Crippen LogP contribution in [0.15, 0.2) is 75.7 Å². The number of thiazole rings is 1. The van der Waals surface area contributed by atoms with Crippen LogP contribution in [0.1, 0.15) is 30.5 Å². The van der Waals surface area contributed by atoms with Gasteiger partial charge in [-0.1, -0.05) is 60.7 Å². The zero-order chi connectivity index (χ0) is 22.0. The van der Waals surface area contributed by atoms with Gasteiger partial charge in [-0.2, -0.15) is 0 Å². The lowest BCUT2D eigenvalue weighted by Crippen LogP contribution is -2.40. The molecule has 0 aliphatic carbocycles. The molecule has 0 saturated heterocycles. The second-order valence-electron chi connectivity index (χ2n) is 6.98. The third-order valence-corrected chi connectivity index (χ3v) is 6.14. The number of esters is 1. The van der Waals surface area contributed by atoms with E-state index in [2.05, 4.69) is 4.99 Å². The van der Waals surface area contributed by atoms with Crippen LogP contribution in [-0.2, 0) is 9.53 Å². The van der Waals surface area contributed by atoms with Gasteiger partial charge in [0.05, 0.1) is 36.1 Å². The number of rotatable bonds is 5. The summed E-state index contributed by atoms with van der Waals surface area (Å²) in [6.07, 6.45) is 2.38. The summed E-state index contributed by atoms with van der Waals surface area (Å²) in [5, 5.41) is 0. The lowest BCUT2D eigenvalue weighted by molar-refractivity contribution is -0.136. The summed E-state index contributed by atoms with van der Waals surface area (Å²) >= 11 is 1.32. The Kier molecular flexibility index (Phi) is 5.86. The zero-order valence-corrected chi connectivity index (χ0v) is 18.3. The third-order valence-electron chi connectivity index (χ3n) is 5.16. The van der Waals surface area contributed by atoms with Gasteiger partial charge in [-0.05, 0) is 35.8 Å². The van der Waals surface area contributed by atoms with Crippen molar-refractivity contribution in [3.8, 4) is 5.75 Å². The van der Waals surface area contributed by atoms with Crippen molar-refractivity contribution < 1.29 is 14.3 Å². The number of hydrogen-bond acceptors (Lipinski definition) is 6. The lowest BCUT2D eigenvalue weighted by Gasteiger charge is -2.25. The second kappa shape index (κ2) is 8.73. The maximum atomic E-state index is 13.5. The number of ether oxygens (including phenoxy) is 2. The Morgan fingerprint density at radius 3 is 2.61 bits per heavy atom. The van der Waals surface area contributed by atoms with Crippen LogP contribution in [0.25, 0.3) is 6.08 Å². The molecule has 158 valence electrons. The highest BCUT2D eigenvalue weighted by molar-refractivity contribution is 7.07. The van der Waals surface area contributed by atoms with E-state index >= 15 is 0 Å². The molecule has 2 aromatic carbocycles. The molecule has 4 rings (SSSR count). The molecule has 7 heteroatoms. The normalized spacial score (nSPS) is 16.0. The molecule has 0 spiro atoms. The molecule has 0 N–H and O–H groups in total. The number of methoxy groups -OCH3 is 2. The van der Waals surface area contributed by atoms with E-state index in [9.17, 15) is 9.59 Å². The van der Waals surface area contributed by atoms with E-state index in [-0.39, 0.29) is 5.56 Å². The van der Waals surface area contributed by atoms with Crippen molar-refractivity contribution in [1.29, 1.82) is 0 Å². The lowest BCUT2D eigenvalue weighted by atomic mass is 9.94. The summed E-state index contributed by atoms with van der Waals surface area (Å²) in [5.74, 6) is 0.147. The van der Waals surface area contributed by atoms with Crippen LogP contribution in [0, 0.1) is 0 Å². The van der Waals surface area contributed by atoms with Crippen molar-refractivity contribution in [1.82, 2.24) is 4.57 Å². The predicted molar refractivity (Wildman–Crippen MR) is 120 cm³/mol. The van der Waals surface area contributed by atoms with E-state index in [0.717, 1.165) is 11.1 Å². The summed E-state index contributed by atoms with van der Waals surface area (Å²) in [5.41, 5.74) is 2.47. The van der Waals surface area contributed by atoms with Crippen LogP contribution < -0.4 is 19.6 Å². The van der Waals surface area contributed by atoms with E-state index in [4.69, 9.17) is 9.47 Å². The Morgan fingerprint density at radius 1 is 1.16 bits per heavy atom. The number of fused-ring (bicyclic) bond motifs is 1. The van der Waals surface area contributed by atoms with Crippen molar-refractivity contribution in [2.45, 2.75) is 19.4 Å². The van der Waals surface area contributed by atoms with Crippen LogP contribution in [0.5, 0.6) is 5.75 Å². The number of carbonyl (C=O) groups excluding carboxylic acids is 1. The van der Waals surface area contributed by atoms with Gasteiger partial charge >= 0.3 is 5.97 Å². The molecule has 2 heterocycles. The molecule has 0 saturated carbocycles. The number of nitrogens with zero attached hydrogens (tertiary/aromatic N) is 2. The van der Waals surface area contributed by atoms with Crippen LogP contribution in [0.3, 0.4) is 0 Å². The molecular weight excluding hydrogens is 412 g/mol. The maximum Gasteiger partial charge on any atom is 0.338 e. The van der Waals surface area contributed by atoms with Gasteiger partial charge in [-0.25, -0.2) is 9.79 Å². The van der Waals surface area contributed by atoms with Gasteiger partial charge in [0.25, 0.3) is 5.56 Å². The van der Waals surface area contributed by atoms with Crippen molar-refractivity contribution in [2.75, 3.05) is 14.2 Å². The second-order valence-corrected chi connectivity index (χ2v) is 7.98.